The number of carbonyl (C=O) groups is 1. The highest BCUT2D eigenvalue weighted by Gasteiger charge is 2.20. The predicted octanol–water partition coefficient (Wildman–Crippen LogP) is 1.14. The fraction of sp³-hybridized carbons (Fsp3) is 0.286. The van der Waals surface area contributed by atoms with Gasteiger partial charge in [-0.2, -0.15) is 0 Å². The van der Waals surface area contributed by atoms with Crippen molar-refractivity contribution in [2.45, 2.75) is 19.4 Å². The molecule has 7 heteroatoms. The van der Waals surface area contributed by atoms with Gasteiger partial charge >= 0.3 is 0 Å². The van der Waals surface area contributed by atoms with E-state index in [4.69, 9.17) is 17.3 Å². The predicted molar refractivity (Wildman–Crippen MR) is 81.3 cm³/mol. The Hall–Kier alpha value is -2.05. The van der Waals surface area contributed by atoms with E-state index in [0.29, 0.717) is 28.8 Å². The topological polar surface area (TPSA) is 100 Å². The Morgan fingerprint density at radius 3 is 2.86 bits per heavy atom. The van der Waals surface area contributed by atoms with Crippen molar-refractivity contribution >= 4 is 23.3 Å². The van der Waals surface area contributed by atoms with E-state index in [1.807, 2.05) is 0 Å². The number of anilines is 1. The third-order valence-corrected chi connectivity index (χ3v) is 3.13. The zero-order valence-corrected chi connectivity index (χ0v) is 12.5. The van der Waals surface area contributed by atoms with E-state index >= 15 is 0 Å². The minimum Gasteiger partial charge on any atom is -0.384 e. The Morgan fingerprint density at radius 1 is 1.52 bits per heavy atom. The molecule has 0 aromatic carbocycles. The van der Waals surface area contributed by atoms with E-state index in [0.717, 1.165) is 0 Å². The van der Waals surface area contributed by atoms with E-state index in [-0.39, 0.29) is 5.70 Å². The van der Waals surface area contributed by atoms with Gasteiger partial charge in [0.05, 0.1) is 17.9 Å². The van der Waals surface area contributed by atoms with Gasteiger partial charge < -0.3 is 21.5 Å². The lowest BCUT2D eigenvalue weighted by Crippen LogP contribution is -2.32. The number of nitrogens with one attached hydrogen (secondary N) is 2. The summed E-state index contributed by atoms with van der Waals surface area (Å²) >= 11 is 5.96. The average Bonchev–Trinajstić information content (AvgIpc) is 2.37. The van der Waals surface area contributed by atoms with Crippen LogP contribution in [0.2, 0.25) is 0 Å². The van der Waals surface area contributed by atoms with E-state index in [9.17, 15) is 9.90 Å². The number of hydrogen-bond acceptors (Lipinski definition) is 5. The zero-order valence-electron chi connectivity index (χ0n) is 11.8. The molecule has 0 spiro atoms. The first-order chi connectivity index (χ1) is 9.77. The molecule has 1 aromatic rings. The van der Waals surface area contributed by atoms with Gasteiger partial charge in [-0.3, -0.25) is 4.79 Å². The molecule has 5 N–H and O–H groups in total. The number of primary amides is 1. The Bertz CT molecular complexity index is 632. The molecule has 0 unspecified atom stereocenters. The van der Waals surface area contributed by atoms with Gasteiger partial charge in [-0.15, -0.1) is 0 Å². The van der Waals surface area contributed by atoms with Gasteiger partial charge in [0.15, 0.2) is 0 Å². The van der Waals surface area contributed by atoms with Crippen molar-refractivity contribution in [3.63, 3.8) is 0 Å². The van der Waals surface area contributed by atoms with Gasteiger partial charge in [0.1, 0.15) is 17.1 Å². The number of rotatable bonds is 4. The number of halogens is 1. The number of amides is 1. The van der Waals surface area contributed by atoms with Crippen molar-refractivity contribution in [3.05, 3.63) is 46.4 Å². The maximum atomic E-state index is 11.4. The lowest BCUT2D eigenvalue weighted by Gasteiger charge is -2.20. The van der Waals surface area contributed by atoms with Crippen molar-refractivity contribution in [1.82, 2.24) is 10.3 Å². The number of carbonyl (C=O) groups excluding carboxylic acids is 1. The molecule has 1 aliphatic heterocycles. The molecule has 0 bridgehead atoms. The van der Waals surface area contributed by atoms with Gasteiger partial charge in [0.2, 0.25) is 0 Å². The first kappa shape index (κ1) is 15.3. The third-order valence-electron chi connectivity index (χ3n) is 2.89. The van der Waals surface area contributed by atoms with Crippen LogP contribution in [0.1, 0.15) is 19.5 Å². The first-order valence-corrected chi connectivity index (χ1v) is 6.76. The Balaban J connectivity index is 2.34. The molecule has 1 aromatic heterocycles. The van der Waals surface area contributed by atoms with Gasteiger partial charge in [-0.25, -0.2) is 4.98 Å². The Morgan fingerprint density at radius 2 is 2.24 bits per heavy atom. The molecule has 0 atom stereocenters. The first-order valence-electron chi connectivity index (χ1n) is 6.38. The lowest BCUT2D eigenvalue weighted by molar-refractivity contribution is -0.114. The molecule has 2 heterocycles. The summed E-state index contributed by atoms with van der Waals surface area (Å²) in [6.07, 6.45) is 1.62. The van der Waals surface area contributed by atoms with Crippen molar-refractivity contribution in [3.8, 4) is 0 Å². The summed E-state index contributed by atoms with van der Waals surface area (Å²) < 4.78 is 0. The molecule has 6 nitrogen and oxygen atoms in total. The summed E-state index contributed by atoms with van der Waals surface area (Å²) in [7, 11) is 0. The van der Waals surface area contributed by atoms with Crippen LogP contribution < -0.4 is 16.4 Å². The number of nitrogens with zero attached hydrogens (tertiary/aromatic N) is 1. The maximum absolute atomic E-state index is 11.4. The highest BCUT2D eigenvalue weighted by atomic mass is 35.5. The second-order valence-corrected chi connectivity index (χ2v) is 5.68. The number of allylic oxidation sites excluding steroid dienone is 1. The van der Waals surface area contributed by atoms with Crippen LogP contribution in [0.5, 0.6) is 0 Å². The summed E-state index contributed by atoms with van der Waals surface area (Å²) in [6.45, 7) is 3.64. The minimum atomic E-state index is -1.06. The van der Waals surface area contributed by atoms with Crippen LogP contribution >= 0.6 is 11.6 Å². The molecule has 21 heavy (non-hydrogen) atoms. The van der Waals surface area contributed by atoms with Crippen molar-refractivity contribution in [2.24, 2.45) is 5.73 Å². The van der Waals surface area contributed by atoms with Crippen LogP contribution in [-0.2, 0) is 10.4 Å². The molecule has 1 aliphatic rings. The van der Waals surface area contributed by atoms with Crippen molar-refractivity contribution in [1.29, 1.82) is 0 Å². The summed E-state index contributed by atoms with van der Waals surface area (Å²) in [5.74, 6) is -0.107. The van der Waals surface area contributed by atoms with Gasteiger partial charge in [-0.1, -0.05) is 17.7 Å². The SMILES string of the molecule is CC(C)(O)c1cccc(NC2=C(C(N)=O)NCC(Cl)=C2)n1. The third kappa shape index (κ3) is 3.74. The highest BCUT2D eigenvalue weighted by molar-refractivity contribution is 6.30. The van der Waals surface area contributed by atoms with Gasteiger partial charge in [-0.05, 0) is 32.1 Å². The second kappa shape index (κ2) is 5.75. The number of dihydropyridines is 1. The molecule has 0 saturated carbocycles. The molecule has 0 radical (unpaired) electrons. The largest absolute Gasteiger partial charge is 0.384 e. The van der Waals surface area contributed by atoms with Crippen LogP contribution in [0.4, 0.5) is 5.82 Å². The van der Waals surface area contributed by atoms with Crippen LogP contribution in [0.3, 0.4) is 0 Å². The molecular formula is C14H17ClN4O2. The number of aromatic nitrogens is 1. The zero-order chi connectivity index (χ0) is 15.6. The fourth-order valence-corrected chi connectivity index (χ4v) is 2.03. The van der Waals surface area contributed by atoms with Gasteiger partial charge in [0.25, 0.3) is 5.91 Å². The molecule has 112 valence electrons. The van der Waals surface area contributed by atoms with E-state index in [1.54, 1.807) is 38.1 Å². The molecule has 1 amide bonds. The Kier molecular flexibility index (Phi) is 4.20. The minimum absolute atomic E-state index is 0.245. The molecule has 0 aliphatic carbocycles. The molecule has 2 rings (SSSR count). The van der Waals surface area contributed by atoms with E-state index in [1.165, 1.54) is 0 Å². The van der Waals surface area contributed by atoms with Crippen LogP contribution in [0.25, 0.3) is 0 Å². The summed E-state index contributed by atoms with van der Waals surface area (Å²) in [5.41, 5.74) is 5.46. The van der Waals surface area contributed by atoms with Crippen LogP contribution in [-0.4, -0.2) is 22.5 Å². The maximum Gasteiger partial charge on any atom is 0.266 e. The Labute approximate surface area is 127 Å². The van der Waals surface area contributed by atoms with Crippen molar-refractivity contribution < 1.29 is 9.90 Å². The standard InChI is InChI=1S/C14H17ClN4O2/c1-14(2,21)10-4-3-5-11(19-10)18-9-6-8(15)7-17-12(9)13(16)20/h3-6,17,21H,7H2,1-2H3,(H2,16,20)(H,18,19). The summed E-state index contributed by atoms with van der Waals surface area (Å²) in [6, 6.07) is 5.20. The number of aliphatic hydroxyl groups is 1. The lowest BCUT2D eigenvalue weighted by atomic mass is 10.1. The molecule has 0 fully saturated rings. The highest BCUT2D eigenvalue weighted by Crippen LogP contribution is 2.21. The van der Waals surface area contributed by atoms with Crippen molar-refractivity contribution in [2.75, 3.05) is 11.9 Å². The summed E-state index contributed by atoms with van der Waals surface area (Å²) in [4.78, 5) is 15.7. The average molecular weight is 309 g/mol. The molecule has 0 saturated heterocycles. The smallest absolute Gasteiger partial charge is 0.266 e. The normalized spacial score (nSPS) is 15.3. The number of pyridine rings is 1. The van der Waals surface area contributed by atoms with Crippen LogP contribution in [0.15, 0.2) is 40.7 Å². The van der Waals surface area contributed by atoms with E-state index < -0.39 is 11.5 Å². The number of hydrogen-bond donors (Lipinski definition) is 4. The fourth-order valence-electron chi connectivity index (χ4n) is 1.85. The summed E-state index contributed by atoms with van der Waals surface area (Å²) in [5, 5.41) is 16.4. The van der Waals surface area contributed by atoms with Gasteiger partial charge in [0, 0.05) is 5.03 Å². The monoisotopic (exact) mass is 308 g/mol. The number of nitrogens with two attached hydrogens (primary N) is 1. The quantitative estimate of drug-likeness (QED) is 0.668. The molecular weight excluding hydrogens is 292 g/mol. The van der Waals surface area contributed by atoms with E-state index in [2.05, 4.69) is 15.6 Å². The second-order valence-electron chi connectivity index (χ2n) is 5.19. The van der Waals surface area contributed by atoms with Crippen LogP contribution in [0, 0.1) is 0 Å².